The van der Waals surface area contributed by atoms with Crippen LogP contribution in [0, 0.1) is 13.8 Å². The molecule has 1 fully saturated rings. The van der Waals surface area contributed by atoms with Crippen molar-refractivity contribution in [3.05, 3.63) is 77.9 Å². The lowest BCUT2D eigenvalue weighted by atomic mass is 10.0. The number of benzene rings is 2. The number of hydrogen-bond donors (Lipinski definition) is 1. The van der Waals surface area contributed by atoms with E-state index in [2.05, 4.69) is 14.5 Å². The van der Waals surface area contributed by atoms with Gasteiger partial charge < -0.3 is 28.8 Å². The third-order valence-electron chi connectivity index (χ3n) is 6.67. The van der Waals surface area contributed by atoms with Crippen LogP contribution in [0.5, 0.6) is 11.5 Å². The number of amides is 1. The maximum atomic E-state index is 12.7. The van der Waals surface area contributed by atoms with Crippen molar-refractivity contribution in [2.75, 3.05) is 53.1 Å². The Morgan fingerprint density at radius 2 is 1.87 bits per heavy atom. The number of imidazole rings is 1. The van der Waals surface area contributed by atoms with Gasteiger partial charge in [-0.1, -0.05) is 29.8 Å². The van der Waals surface area contributed by atoms with E-state index in [1.54, 1.807) is 11.1 Å². The van der Waals surface area contributed by atoms with E-state index in [0.29, 0.717) is 38.5 Å². The molecule has 1 amide bonds. The molecule has 38 heavy (non-hydrogen) atoms. The molecule has 1 aliphatic heterocycles. The lowest BCUT2D eigenvalue weighted by Crippen LogP contribution is -2.52. The summed E-state index contributed by atoms with van der Waals surface area (Å²) in [6.07, 6.45) is 3.73. The minimum absolute atomic E-state index is 0.0210. The Labute approximate surface area is 224 Å². The smallest absolute Gasteiger partial charge is 0.248 e. The van der Waals surface area contributed by atoms with Crippen molar-refractivity contribution in [2.45, 2.75) is 32.5 Å². The molecule has 1 atom stereocenters. The van der Waals surface area contributed by atoms with Crippen molar-refractivity contribution >= 4 is 5.91 Å². The van der Waals surface area contributed by atoms with Crippen LogP contribution in [0.1, 0.15) is 17.0 Å². The minimum atomic E-state index is -1.25. The summed E-state index contributed by atoms with van der Waals surface area (Å²) in [6, 6.07) is 15.7. The van der Waals surface area contributed by atoms with Gasteiger partial charge in [-0.15, -0.1) is 0 Å². The lowest BCUT2D eigenvalue weighted by Gasteiger charge is -2.33. The second-order valence-corrected chi connectivity index (χ2v) is 9.95. The summed E-state index contributed by atoms with van der Waals surface area (Å²) in [6.45, 7) is 7.56. The van der Waals surface area contributed by atoms with E-state index in [1.807, 2.05) is 68.6 Å². The first-order valence-electron chi connectivity index (χ1n) is 12.9. The number of carbonyl (C=O) groups is 1. The number of aromatic nitrogens is 2. The average Bonchev–Trinajstić information content (AvgIpc) is 3.22. The quantitative estimate of drug-likeness (QED) is 0.414. The Bertz CT molecular complexity index is 1180. The molecule has 1 N–H and O–H groups in total. The molecule has 1 aromatic heterocycles. The zero-order valence-corrected chi connectivity index (χ0v) is 22.5. The van der Waals surface area contributed by atoms with Crippen molar-refractivity contribution in [2.24, 2.45) is 0 Å². The van der Waals surface area contributed by atoms with Crippen molar-refractivity contribution in [1.82, 2.24) is 19.4 Å². The number of carbonyl (C=O) groups excluding carboxylic acids is 1. The maximum absolute atomic E-state index is 12.7. The highest BCUT2D eigenvalue weighted by Crippen LogP contribution is 2.22. The highest BCUT2D eigenvalue weighted by atomic mass is 16.5. The maximum Gasteiger partial charge on any atom is 0.248 e. The first-order valence-corrected chi connectivity index (χ1v) is 12.9. The summed E-state index contributed by atoms with van der Waals surface area (Å²) in [4.78, 5) is 20.7. The van der Waals surface area contributed by atoms with Gasteiger partial charge >= 0.3 is 0 Å². The number of methoxy groups -OCH3 is 1. The third kappa shape index (κ3) is 7.80. The summed E-state index contributed by atoms with van der Waals surface area (Å²) >= 11 is 0. The molecule has 0 unspecified atom stereocenters. The van der Waals surface area contributed by atoms with Gasteiger partial charge in [0.1, 0.15) is 42.7 Å². The van der Waals surface area contributed by atoms with Gasteiger partial charge in [0.15, 0.2) is 0 Å². The number of hydrogen-bond acceptors (Lipinski definition) is 7. The highest BCUT2D eigenvalue weighted by molar-refractivity contribution is 5.77. The van der Waals surface area contributed by atoms with E-state index in [9.17, 15) is 9.90 Å². The normalized spacial score (nSPS) is 18.3. The van der Waals surface area contributed by atoms with E-state index in [0.717, 1.165) is 29.2 Å². The van der Waals surface area contributed by atoms with Gasteiger partial charge in [0.2, 0.25) is 5.91 Å². The number of β-amino-alcohol motifs (C(OH)–C–C–N with tert-alkyl or cyclic N) is 1. The van der Waals surface area contributed by atoms with Crippen LogP contribution >= 0.6 is 0 Å². The van der Waals surface area contributed by atoms with E-state index in [1.165, 1.54) is 7.11 Å². The van der Waals surface area contributed by atoms with E-state index >= 15 is 0 Å². The highest BCUT2D eigenvalue weighted by Gasteiger charge is 2.37. The number of nitrogens with zero attached hydrogens (tertiary/aromatic N) is 4. The largest absolute Gasteiger partial charge is 0.492 e. The molecule has 0 bridgehead atoms. The lowest BCUT2D eigenvalue weighted by molar-refractivity contribution is -0.138. The summed E-state index contributed by atoms with van der Waals surface area (Å²) in [5.74, 6) is 2.29. The second-order valence-electron chi connectivity index (χ2n) is 9.95. The third-order valence-corrected chi connectivity index (χ3v) is 6.67. The predicted molar refractivity (Wildman–Crippen MR) is 144 cm³/mol. The molecule has 0 saturated carbocycles. The van der Waals surface area contributed by atoms with Crippen molar-refractivity contribution in [3.63, 3.8) is 0 Å². The fraction of sp³-hybridized carbons (Fsp3) is 0.448. The van der Waals surface area contributed by atoms with Gasteiger partial charge in [0, 0.05) is 45.7 Å². The van der Waals surface area contributed by atoms with Gasteiger partial charge in [-0.05, 0) is 43.7 Å². The van der Waals surface area contributed by atoms with Crippen LogP contribution in [0.25, 0.3) is 0 Å². The van der Waals surface area contributed by atoms with Crippen LogP contribution in [-0.2, 0) is 22.6 Å². The van der Waals surface area contributed by atoms with Crippen molar-refractivity contribution < 1.29 is 24.1 Å². The Kier molecular flexibility index (Phi) is 9.38. The van der Waals surface area contributed by atoms with Gasteiger partial charge in [-0.2, -0.15) is 0 Å². The van der Waals surface area contributed by atoms with Gasteiger partial charge in [0.25, 0.3) is 0 Å². The first-order chi connectivity index (χ1) is 18.3. The summed E-state index contributed by atoms with van der Waals surface area (Å²) < 4.78 is 19.1. The molecule has 204 valence electrons. The fourth-order valence-corrected chi connectivity index (χ4v) is 4.64. The number of aliphatic hydroxyl groups is 1. The van der Waals surface area contributed by atoms with Crippen LogP contribution in [-0.4, -0.2) is 89.1 Å². The summed E-state index contributed by atoms with van der Waals surface area (Å²) in [7, 11) is 1.50. The molecule has 0 aliphatic carbocycles. The molecule has 2 heterocycles. The van der Waals surface area contributed by atoms with Crippen LogP contribution in [0.2, 0.25) is 0 Å². The summed E-state index contributed by atoms with van der Waals surface area (Å²) in [5.41, 5.74) is 0.956. The molecule has 2 aromatic carbocycles. The molecule has 4 rings (SSSR count). The topological polar surface area (TPSA) is 89.3 Å². The first kappa shape index (κ1) is 27.6. The molecule has 3 aromatic rings. The molecule has 1 aliphatic rings. The monoisotopic (exact) mass is 522 g/mol. The molecule has 1 saturated heterocycles. The SMILES string of the molecule is COCC(=O)N1CCN(Cc2cccc(OCCn3ccnc3C)c2)C[C@](O)(COc2ccc(C)cc2)C1. The van der Waals surface area contributed by atoms with E-state index < -0.39 is 5.60 Å². The number of ether oxygens (including phenoxy) is 3. The van der Waals surface area contributed by atoms with Crippen LogP contribution in [0.4, 0.5) is 0 Å². The molecule has 0 radical (unpaired) electrons. The summed E-state index contributed by atoms with van der Waals surface area (Å²) in [5, 5.41) is 11.7. The Morgan fingerprint density at radius 3 is 2.61 bits per heavy atom. The zero-order chi connectivity index (χ0) is 27.0. The predicted octanol–water partition coefficient (Wildman–Crippen LogP) is 2.68. The molecular formula is C29H38N4O5. The van der Waals surface area contributed by atoms with Gasteiger partial charge in [-0.3, -0.25) is 9.69 Å². The van der Waals surface area contributed by atoms with Gasteiger partial charge in [-0.25, -0.2) is 4.98 Å². The molecular weight excluding hydrogens is 484 g/mol. The minimum Gasteiger partial charge on any atom is -0.492 e. The molecule has 9 heteroatoms. The second kappa shape index (κ2) is 12.9. The van der Waals surface area contributed by atoms with Crippen LogP contribution < -0.4 is 9.47 Å². The Balaban J connectivity index is 1.41. The standard InChI is InChI=1S/C29H38N4O5/c1-23-7-9-26(10-8-23)38-22-29(35)20-31(13-14-33(21-29)28(34)19-36-3)18-25-5-4-6-27(17-25)37-16-15-32-12-11-30-24(32)2/h4-12,17,35H,13-16,18-22H2,1-3H3/t29-/m1/s1. The van der Waals surface area contributed by atoms with Crippen LogP contribution in [0.3, 0.4) is 0 Å². The number of rotatable bonds is 11. The Hall–Kier alpha value is -3.40. The van der Waals surface area contributed by atoms with Gasteiger partial charge in [0.05, 0.1) is 13.1 Å². The van der Waals surface area contributed by atoms with E-state index in [-0.39, 0.29) is 25.7 Å². The van der Waals surface area contributed by atoms with E-state index in [4.69, 9.17) is 14.2 Å². The fourth-order valence-electron chi connectivity index (χ4n) is 4.64. The van der Waals surface area contributed by atoms with Crippen LogP contribution in [0.15, 0.2) is 60.9 Å². The zero-order valence-electron chi connectivity index (χ0n) is 22.5. The van der Waals surface area contributed by atoms with Crippen molar-refractivity contribution in [1.29, 1.82) is 0 Å². The molecule has 9 nitrogen and oxygen atoms in total. The average molecular weight is 523 g/mol. The van der Waals surface area contributed by atoms with Crippen molar-refractivity contribution in [3.8, 4) is 11.5 Å². The number of aryl methyl sites for hydroxylation is 2. The molecule has 0 spiro atoms. The Morgan fingerprint density at radius 1 is 1.05 bits per heavy atom.